The summed E-state index contributed by atoms with van der Waals surface area (Å²) in [5.41, 5.74) is 8.48. The lowest BCUT2D eigenvalue weighted by atomic mass is 10.1. The number of hydrogen-bond donors (Lipinski definition) is 0. The minimum atomic E-state index is 0.586. The molecule has 0 saturated heterocycles. The minimum absolute atomic E-state index is 0.586. The second kappa shape index (κ2) is 13.7. The monoisotopic (exact) mass is 705 g/mol. The predicted molar refractivity (Wildman–Crippen MR) is 220 cm³/mol. The number of para-hydroxylation sites is 2. The van der Waals surface area contributed by atoms with Crippen LogP contribution in [-0.4, -0.2) is 34.5 Å². The fourth-order valence-corrected chi connectivity index (χ4v) is 7.18. The largest absolute Gasteiger partial charge is 0.308 e. The zero-order valence-electron chi connectivity index (χ0n) is 29.5. The van der Waals surface area contributed by atoms with Gasteiger partial charge in [-0.2, -0.15) is 0 Å². The molecule has 0 aliphatic heterocycles. The zero-order valence-corrected chi connectivity index (χ0v) is 29.5. The highest BCUT2D eigenvalue weighted by atomic mass is 15.1. The van der Waals surface area contributed by atoms with Crippen molar-refractivity contribution < 1.29 is 0 Å². The molecule has 7 heteroatoms. The van der Waals surface area contributed by atoms with Gasteiger partial charge in [-0.1, -0.05) is 164 Å². The predicted octanol–water partition coefficient (Wildman–Crippen LogP) is 11.2. The third kappa shape index (κ3) is 5.90. The Balaban J connectivity index is 1.21. The van der Waals surface area contributed by atoms with Gasteiger partial charge in [-0.3, -0.25) is 0 Å². The van der Waals surface area contributed by atoms with Crippen LogP contribution in [0.5, 0.6) is 0 Å². The number of rotatable bonds is 7. The maximum Gasteiger partial charge on any atom is 0.166 e. The van der Waals surface area contributed by atoms with Crippen molar-refractivity contribution in [3.63, 3.8) is 0 Å². The van der Waals surface area contributed by atoms with E-state index in [1.54, 1.807) is 0 Å². The maximum atomic E-state index is 5.12. The van der Waals surface area contributed by atoms with E-state index in [0.717, 1.165) is 60.9 Å². The second-order valence-electron chi connectivity index (χ2n) is 13.1. The molecule has 0 aliphatic rings. The van der Waals surface area contributed by atoms with E-state index in [9.17, 15) is 0 Å². The van der Waals surface area contributed by atoms with Gasteiger partial charge in [-0.15, -0.1) is 0 Å². The van der Waals surface area contributed by atoms with E-state index in [1.807, 2.05) is 127 Å². The summed E-state index contributed by atoms with van der Waals surface area (Å²) in [5.74, 6) is 3.65. The molecule has 0 atom stereocenters. The molecule has 10 rings (SSSR count). The van der Waals surface area contributed by atoms with Crippen LogP contribution in [0.3, 0.4) is 0 Å². The van der Waals surface area contributed by atoms with Gasteiger partial charge in [0.1, 0.15) is 0 Å². The average molecular weight is 706 g/mol. The third-order valence-electron chi connectivity index (χ3n) is 9.72. The van der Waals surface area contributed by atoms with Gasteiger partial charge in [0.15, 0.2) is 34.9 Å². The Morgan fingerprint density at radius 3 is 1.15 bits per heavy atom. The lowest BCUT2D eigenvalue weighted by molar-refractivity contribution is 1.06. The van der Waals surface area contributed by atoms with E-state index in [4.69, 9.17) is 29.9 Å². The number of nitrogens with zero attached hydrogens (tertiary/aromatic N) is 7. The molecule has 3 aromatic heterocycles. The Hall–Kier alpha value is -7.64. The van der Waals surface area contributed by atoms with Crippen molar-refractivity contribution in [2.75, 3.05) is 0 Å². The standard InChI is InChI=1S/C48H31N7/c1-5-18-32(19-6-1)43-49-44(33-20-7-2-8-21-33)52-47(51-43)37-27-14-16-30-40(37)55-39-29-15-13-26-36(39)42-38(28-17-31-41(42)55)48-53-45(34-22-9-3-10-23-34)50-46(54-48)35-24-11-4-12-25-35/h1-31H. The van der Waals surface area contributed by atoms with E-state index in [1.165, 1.54) is 0 Å². The quantitative estimate of drug-likeness (QED) is 0.164. The molecule has 0 spiro atoms. The molecule has 0 bridgehead atoms. The van der Waals surface area contributed by atoms with Crippen molar-refractivity contribution in [3.8, 4) is 74.0 Å². The van der Waals surface area contributed by atoms with Gasteiger partial charge in [0.05, 0.1) is 16.7 Å². The lowest BCUT2D eigenvalue weighted by Crippen LogP contribution is -2.03. The molecule has 7 nitrogen and oxygen atoms in total. The molecule has 3 heterocycles. The van der Waals surface area contributed by atoms with Crippen molar-refractivity contribution in [1.82, 2.24) is 34.5 Å². The van der Waals surface area contributed by atoms with Crippen LogP contribution in [0.1, 0.15) is 0 Å². The molecular weight excluding hydrogens is 675 g/mol. The van der Waals surface area contributed by atoms with Crippen LogP contribution in [0.15, 0.2) is 188 Å². The van der Waals surface area contributed by atoms with Gasteiger partial charge in [0, 0.05) is 44.2 Å². The number of benzene rings is 7. The van der Waals surface area contributed by atoms with Gasteiger partial charge in [-0.05, 0) is 24.3 Å². The maximum absolute atomic E-state index is 5.12. The summed E-state index contributed by atoms with van der Waals surface area (Å²) < 4.78 is 2.30. The van der Waals surface area contributed by atoms with E-state index in [2.05, 4.69) is 65.2 Å². The first-order chi connectivity index (χ1) is 27.3. The van der Waals surface area contributed by atoms with Crippen LogP contribution >= 0.6 is 0 Å². The highest BCUT2D eigenvalue weighted by Crippen LogP contribution is 2.40. The van der Waals surface area contributed by atoms with Crippen LogP contribution in [0.2, 0.25) is 0 Å². The second-order valence-corrected chi connectivity index (χ2v) is 13.1. The molecule has 10 aromatic rings. The highest BCUT2D eigenvalue weighted by molar-refractivity contribution is 6.15. The molecule has 0 amide bonds. The summed E-state index contributed by atoms with van der Waals surface area (Å²) in [5, 5.41) is 2.12. The van der Waals surface area contributed by atoms with Gasteiger partial charge in [-0.25, -0.2) is 29.9 Å². The van der Waals surface area contributed by atoms with Crippen LogP contribution in [0.25, 0.3) is 95.8 Å². The summed E-state index contributed by atoms with van der Waals surface area (Å²) in [6, 6.07) is 63.4. The van der Waals surface area contributed by atoms with Crippen LogP contribution in [0.4, 0.5) is 0 Å². The molecular formula is C48H31N7. The summed E-state index contributed by atoms with van der Waals surface area (Å²) in [7, 11) is 0. The fourth-order valence-electron chi connectivity index (χ4n) is 7.18. The lowest BCUT2D eigenvalue weighted by Gasteiger charge is -2.14. The van der Waals surface area contributed by atoms with Gasteiger partial charge < -0.3 is 4.57 Å². The molecule has 0 radical (unpaired) electrons. The fraction of sp³-hybridized carbons (Fsp3) is 0. The Bertz CT molecular complexity index is 2850. The summed E-state index contributed by atoms with van der Waals surface area (Å²) in [6.45, 7) is 0. The number of fused-ring (bicyclic) bond motifs is 3. The SMILES string of the molecule is c1ccc(-c2nc(-c3ccccc3)nc(-c3ccccc3-n3c4ccccc4c4c(-c5nc(-c6ccccc6)nc(-c6ccccc6)n5)cccc43)n2)cc1. The van der Waals surface area contributed by atoms with Crippen molar-refractivity contribution in [3.05, 3.63) is 188 Å². The molecule has 258 valence electrons. The van der Waals surface area contributed by atoms with Crippen molar-refractivity contribution in [1.29, 1.82) is 0 Å². The number of aromatic nitrogens is 7. The summed E-state index contributed by atoms with van der Waals surface area (Å²) >= 11 is 0. The first kappa shape index (κ1) is 32.0. The van der Waals surface area contributed by atoms with Crippen molar-refractivity contribution in [2.24, 2.45) is 0 Å². The first-order valence-electron chi connectivity index (χ1n) is 18.1. The molecule has 0 saturated carbocycles. The van der Waals surface area contributed by atoms with E-state index >= 15 is 0 Å². The normalized spacial score (nSPS) is 11.3. The van der Waals surface area contributed by atoms with Crippen LogP contribution in [-0.2, 0) is 0 Å². The minimum Gasteiger partial charge on any atom is -0.308 e. The van der Waals surface area contributed by atoms with Crippen molar-refractivity contribution in [2.45, 2.75) is 0 Å². The summed E-state index contributed by atoms with van der Waals surface area (Å²) in [4.78, 5) is 30.4. The Morgan fingerprint density at radius 2 is 0.636 bits per heavy atom. The van der Waals surface area contributed by atoms with Crippen LogP contribution in [0, 0.1) is 0 Å². The van der Waals surface area contributed by atoms with Gasteiger partial charge >= 0.3 is 0 Å². The molecule has 0 unspecified atom stereocenters. The molecule has 7 aromatic carbocycles. The van der Waals surface area contributed by atoms with E-state index < -0.39 is 0 Å². The average Bonchev–Trinajstić information content (AvgIpc) is 3.62. The molecule has 55 heavy (non-hydrogen) atoms. The Morgan fingerprint density at radius 1 is 0.273 bits per heavy atom. The first-order valence-corrected chi connectivity index (χ1v) is 18.1. The zero-order chi connectivity index (χ0) is 36.6. The molecule has 0 N–H and O–H groups in total. The van der Waals surface area contributed by atoms with Gasteiger partial charge in [0.2, 0.25) is 0 Å². The van der Waals surface area contributed by atoms with Crippen LogP contribution < -0.4 is 0 Å². The summed E-state index contributed by atoms with van der Waals surface area (Å²) in [6.07, 6.45) is 0. The Kier molecular flexibility index (Phi) is 8.00. The molecule has 0 aliphatic carbocycles. The van der Waals surface area contributed by atoms with E-state index in [0.29, 0.717) is 34.9 Å². The highest BCUT2D eigenvalue weighted by Gasteiger charge is 2.22. The molecule has 0 fully saturated rings. The van der Waals surface area contributed by atoms with E-state index in [-0.39, 0.29) is 0 Å². The smallest absolute Gasteiger partial charge is 0.166 e. The third-order valence-corrected chi connectivity index (χ3v) is 9.72. The van der Waals surface area contributed by atoms with Crippen molar-refractivity contribution >= 4 is 21.8 Å². The van der Waals surface area contributed by atoms with Gasteiger partial charge in [0.25, 0.3) is 0 Å². The number of hydrogen-bond acceptors (Lipinski definition) is 6. The topological polar surface area (TPSA) is 82.3 Å². The Labute approximate surface area is 317 Å².